The molecule has 0 saturated carbocycles. The average molecular weight is 430 g/mol. The van der Waals surface area contributed by atoms with E-state index in [0.29, 0.717) is 0 Å². The van der Waals surface area contributed by atoms with E-state index in [1.54, 1.807) is 36.4 Å². The molecule has 23 heavy (non-hydrogen) atoms. The van der Waals surface area contributed by atoms with Crippen LogP contribution < -0.4 is 0 Å². The third-order valence-electron chi connectivity index (χ3n) is 2.51. The van der Waals surface area contributed by atoms with Gasteiger partial charge in [0.15, 0.2) is 24.8 Å². The molecule has 0 amide bonds. The van der Waals surface area contributed by atoms with Crippen molar-refractivity contribution in [2.24, 2.45) is 0 Å². The molecule has 0 spiro atoms. The monoisotopic (exact) mass is 430 g/mol. The maximum absolute atomic E-state index is 12.0. The molecule has 0 aliphatic rings. The largest absolute Gasteiger partial charge is 0.358 e. The molecule has 1 radical (unpaired) electrons. The number of sulfone groups is 2. The summed E-state index contributed by atoms with van der Waals surface area (Å²) in [5.41, 5.74) is 0. The van der Waals surface area contributed by atoms with Crippen LogP contribution in [0, 0.1) is 7.43 Å². The van der Waals surface area contributed by atoms with Crippen molar-refractivity contribution in [3.8, 4) is 0 Å². The van der Waals surface area contributed by atoms with Crippen LogP contribution in [0.15, 0.2) is 70.5 Å². The van der Waals surface area contributed by atoms with Crippen LogP contribution in [-0.4, -0.2) is 21.9 Å². The van der Waals surface area contributed by atoms with Crippen LogP contribution >= 0.6 is 0 Å². The predicted octanol–water partition coefficient (Wildman–Crippen LogP) is 3.37. The summed E-state index contributed by atoms with van der Waals surface area (Å²) in [6.45, 7) is 4.00. The van der Waals surface area contributed by atoms with Gasteiger partial charge in [0, 0.05) is 32.7 Å². The molecule has 0 atom stereocenters. The maximum Gasteiger partial charge on any atom is 0.193 e. The van der Waals surface area contributed by atoms with Crippen molar-refractivity contribution >= 4 is 19.7 Å². The van der Waals surface area contributed by atoms with Crippen molar-refractivity contribution in [3.63, 3.8) is 0 Å². The maximum atomic E-state index is 12.0. The van der Waals surface area contributed by atoms with Gasteiger partial charge in [-0.2, -0.15) is 0 Å². The second kappa shape index (κ2) is 11.1. The van der Waals surface area contributed by atoms with Crippen molar-refractivity contribution in [1.82, 2.24) is 0 Å². The van der Waals surface area contributed by atoms with E-state index in [1.165, 1.54) is 24.3 Å². The number of hydrogen-bond acceptors (Lipinski definition) is 4. The first-order valence-corrected chi connectivity index (χ1v) is 9.78. The quantitative estimate of drug-likeness (QED) is 0.698. The Morgan fingerprint density at radius 1 is 0.652 bits per heavy atom. The number of benzene rings is 2. The fourth-order valence-electron chi connectivity index (χ4n) is 1.60. The minimum Gasteiger partial charge on any atom is -0.358 e. The van der Waals surface area contributed by atoms with E-state index in [4.69, 9.17) is 0 Å². The Hall–Kier alpha value is -0.556. The number of hydrogen-bond donors (Lipinski definition) is 0. The summed E-state index contributed by atoms with van der Waals surface area (Å²) in [5, 5.41) is -0.923. The van der Waals surface area contributed by atoms with Crippen LogP contribution in [0.5, 0.6) is 0 Å². The van der Waals surface area contributed by atoms with E-state index < -0.39 is 24.8 Å². The van der Waals surface area contributed by atoms with E-state index in [-0.39, 0.29) is 49.9 Å². The molecule has 0 unspecified atom stereocenters. The fourth-order valence-corrected chi connectivity index (χ4v) is 5.46. The Labute approximate surface area is 165 Å². The van der Waals surface area contributed by atoms with Crippen LogP contribution in [0.1, 0.15) is 13.8 Å². The Balaban J connectivity index is 0. The fraction of sp³-hybridized carbons (Fsp3) is 0.188. The first-order valence-electron chi connectivity index (χ1n) is 6.47. The first kappa shape index (κ1) is 24.7. The molecule has 2 rings (SSSR count). The van der Waals surface area contributed by atoms with Gasteiger partial charge >= 0.3 is 0 Å². The zero-order chi connectivity index (χ0) is 15.9. The minimum atomic E-state index is -3.85. The standard InChI is InChI=1S/C13H12O4S2.C2H6.CH3.Y/c14-18(15,12-7-3-1-4-8-12)11-19(16,17)13-9-5-2-6-10-13;1-2;;/h1-10H,11H2;1-2H3;1H3;/q;;-1;. The summed E-state index contributed by atoms with van der Waals surface area (Å²) in [6, 6.07) is 15.1. The van der Waals surface area contributed by atoms with Gasteiger partial charge in [-0.25, -0.2) is 16.8 Å². The molecule has 4 nitrogen and oxygen atoms in total. The zero-order valence-electron chi connectivity index (χ0n) is 13.5. The second-order valence-corrected chi connectivity index (χ2v) is 8.32. The van der Waals surface area contributed by atoms with Gasteiger partial charge in [0.1, 0.15) is 0 Å². The topological polar surface area (TPSA) is 68.3 Å². The van der Waals surface area contributed by atoms with Crippen molar-refractivity contribution < 1.29 is 49.5 Å². The zero-order valence-corrected chi connectivity index (χ0v) is 18.0. The van der Waals surface area contributed by atoms with Gasteiger partial charge in [-0.05, 0) is 24.3 Å². The first-order chi connectivity index (χ1) is 9.92. The predicted molar refractivity (Wildman–Crippen MR) is 89.9 cm³/mol. The van der Waals surface area contributed by atoms with E-state index >= 15 is 0 Å². The van der Waals surface area contributed by atoms with E-state index in [1.807, 2.05) is 13.8 Å². The normalized spacial score (nSPS) is 10.3. The molecular formula is C16H21O4S2Y-. The molecule has 0 saturated heterocycles. The van der Waals surface area contributed by atoms with E-state index in [0.717, 1.165) is 0 Å². The van der Waals surface area contributed by atoms with Crippen LogP contribution in [0.25, 0.3) is 0 Å². The van der Waals surface area contributed by atoms with Crippen LogP contribution in [0.2, 0.25) is 0 Å². The molecule has 0 aliphatic heterocycles. The van der Waals surface area contributed by atoms with Crippen LogP contribution in [0.3, 0.4) is 0 Å². The third-order valence-corrected chi connectivity index (χ3v) is 6.98. The summed E-state index contributed by atoms with van der Waals surface area (Å²) in [6.07, 6.45) is 0. The van der Waals surface area contributed by atoms with Gasteiger partial charge in [0.25, 0.3) is 0 Å². The van der Waals surface area contributed by atoms with Gasteiger partial charge in [-0.1, -0.05) is 50.2 Å². The molecule has 2 aromatic carbocycles. The number of rotatable bonds is 4. The summed E-state index contributed by atoms with van der Waals surface area (Å²) in [4.78, 5) is 0.0176. The molecule has 7 heteroatoms. The van der Waals surface area contributed by atoms with E-state index in [2.05, 4.69) is 0 Å². The van der Waals surface area contributed by atoms with Crippen LogP contribution in [-0.2, 0) is 52.4 Å². The Morgan fingerprint density at radius 3 is 1.17 bits per heavy atom. The van der Waals surface area contributed by atoms with Crippen molar-refractivity contribution in [1.29, 1.82) is 0 Å². The molecular weight excluding hydrogens is 409 g/mol. The van der Waals surface area contributed by atoms with Crippen molar-refractivity contribution in [2.45, 2.75) is 23.6 Å². The van der Waals surface area contributed by atoms with Gasteiger partial charge in [-0.15, -0.1) is 0 Å². The minimum absolute atomic E-state index is 0. The molecule has 0 aromatic heterocycles. The summed E-state index contributed by atoms with van der Waals surface area (Å²) in [7, 11) is -7.71. The van der Waals surface area contributed by atoms with Gasteiger partial charge in [0.05, 0.1) is 9.79 Å². The van der Waals surface area contributed by atoms with Gasteiger partial charge in [-0.3, -0.25) is 0 Å². The summed E-state index contributed by atoms with van der Waals surface area (Å²) >= 11 is 0. The van der Waals surface area contributed by atoms with Crippen molar-refractivity contribution in [3.05, 3.63) is 68.1 Å². The van der Waals surface area contributed by atoms with E-state index in [9.17, 15) is 16.8 Å². The average Bonchev–Trinajstić information content (AvgIpc) is 2.50. The molecule has 0 fully saturated rings. The Bertz CT molecular complexity index is 689. The second-order valence-electron chi connectivity index (χ2n) is 3.97. The summed E-state index contributed by atoms with van der Waals surface area (Å²) < 4.78 is 48.2. The molecule has 125 valence electrons. The Kier molecular flexibility index (Phi) is 11.9. The molecule has 0 N–H and O–H groups in total. The van der Waals surface area contributed by atoms with Crippen molar-refractivity contribution in [2.75, 3.05) is 5.08 Å². The molecule has 0 heterocycles. The van der Waals surface area contributed by atoms with Gasteiger partial charge in [0.2, 0.25) is 0 Å². The molecule has 0 aliphatic carbocycles. The third kappa shape index (κ3) is 7.25. The smallest absolute Gasteiger partial charge is 0.193 e. The molecule has 2 aromatic rings. The summed E-state index contributed by atoms with van der Waals surface area (Å²) in [5.74, 6) is 0. The molecule has 0 bridgehead atoms. The SMILES string of the molecule is CC.O=S(=O)(CS(=O)(=O)c1ccccc1)c1ccccc1.[CH3-].[Y]. The van der Waals surface area contributed by atoms with Gasteiger partial charge < -0.3 is 7.43 Å². The Morgan fingerprint density at radius 2 is 0.913 bits per heavy atom. The van der Waals surface area contributed by atoms with Crippen LogP contribution in [0.4, 0.5) is 0 Å².